The lowest BCUT2D eigenvalue weighted by atomic mass is 10.0. The van der Waals surface area contributed by atoms with Crippen LogP contribution in [0.4, 0.5) is 11.4 Å². The van der Waals surface area contributed by atoms with Crippen molar-refractivity contribution in [1.29, 1.82) is 0 Å². The number of anilines is 2. The van der Waals surface area contributed by atoms with Crippen molar-refractivity contribution in [2.45, 2.75) is 47.2 Å². The second kappa shape index (κ2) is 13.3. The van der Waals surface area contributed by atoms with E-state index in [-0.39, 0.29) is 11.7 Å². The zero-order valence-electron chi connectivity index (χ0n) is 28.9. The molecule has 0 saturated carbocycles. The molecule has 8 aromatic rings. The van der Waals surface area contributed by atoms with Crippen LogP contribution in [0.5, 0.6) is 0 Å². The first-order valence-electron chi connectivity index (χ1n) is 16.5. The van der Waals surface area contributed by atoms with Gasteiger partial charge in [0.1, 0.15) is 11.5 Å². The number of rotatable bonds is 6. The second-order valence-electron chi connectivity index (χ2n) is 12.7. The summed E-state index contributed by atoms with van der Waals surface area (Å²) in [6, 6.07) is 27.9. The number of aromatic amines is 2. The molecule has 0 aliphatic carbocycles. The molecule has 51 heavy (non-hydrogen) atoms. The van der Waals surface area contributed by atoms with Crippen LogP contribution in [0.2, 0.25) is 0 Å². The van der Waals surface area contributed by atoms with Crippen LogP contribution in [0.25, 0.3) is 44.3 Å². The monoisotopic (exact) mass is 698 g/mol. The minimum absolute atomic E-state index is 0.128. The van der Waals surface area contributed by atoms with E-state index >= 15 is 0 Å². The van der Waals surface area contributed by atoms with Crippen molar-refractivity contribution in [3.63, 3.8) is 0 Å². The van der Waals surface area contributed by atoms with E-state index in [9.17, 15) is 4.79 Å². The number of nitrogen functional groups attached to an aromatic ring is 2. The highest BCUT2D eigenvalue weighted by Gasteiger charge is 2.20. The van der Waals surface area contributed by atoms with Gasteiger partial charge in [0.05, 0.1) is 57.4 Å². The Kier molecular flexibility index (Phi) is 8.69. The number of nitrogens with one attached hydrogen (secondary N) is 2. The third-order valence-corrected chi connectivity index (χ3v) is 9.59. The van der Waals surface area contributed by atoms with Crippen molar-refractivity contribution in [2.24, 2.45) is 0 Å². The van der Waals surface area contributed by atoms with Crippen molar-refractivity contribution < 1.29 is 9.05 Å². The van der Waals surface area contributed by atoms with Crippen LogP contribution in [0.1, 0.15) is 47.0 Å². The fourth-order valence-electron chi connectivity index (χ4n) is 6.80. The minimum atomic E-state index is -0.182. The van der Waals surface area contributed by atoms with Crippen LogP contribution in [0.3, 0.4) is 0 Å². The molecule has 0 radical (unpaired) electrons. The molecule has 1 atom stereocenters. The van der Waals surface area contributed by atoms with E-state index in [1.165, 1.54) is 5.56 Å². The molecule has 0 unspecified atom stereocenters. The lowest BCUT2D eigenvalue weighted by Gasteiger charge is -2.15. The molecule has 0 spiro atoms. The van der Waals surface area contributed by atoms with Crippen LogP contribution in [-0.2, 0) is 6.54 Å². The van der Waals surface area contributed by atoms with Crippen molar-refractivity contribution >= 4 is 45.7 Å². The van der Waals surface area contributed by atoms with E-state index in [2.05, 4.69) is 43.0 Å². The number of H-pyrrole nitrogens is 2. The van der Waals surface area contributed by atoms with Gasteiger partial charge in [-0.1, -0.05) is 71.0 Å². The number of imidazole rings is 2. The molecule has 0 saturated heterocycles. The molecule has 12 heteroatoms. The van der Waals surface area contributed by atoms with Gasteiger partial charge in [-0.2, -0.15) is 0 Å². The SMILES string of the molecule is Cc1noc(C)c1-c1cc(N)c2[nH]c(=O)n([C@@H](C)c3ccccc3)c2c1.Cc1noc(C)c1-c1cc(N)c2[nH]c(=S)n(Cc3ccccc3)c2c1. The summed E-state index contributed by atoms with van der Waals surface area (Å²) in [4.78, 5) is 18.8. The van der Waals surface area contributed by atoms with Gasteiger partial charge in [0.15, 0.2) is 4.77 Å². The number of aromatic nitrogens is 6. The predicted octanol–water partition coefficient (Wildman–Crippen LogP) is 8.39. The number of nitrogens with two attached hydrogens (primary N) is 2. The summed E-state index contributed by atoms with van der Waals surface area (Å²) in [7, 11) is 0. The van der Waals surface area contributed by atoms with Gasteiger partial charge in [0, 0.05) is 11.1 Å². The first-order valence-corrected chi connectivity index (χ1v) is 16.9. The summed E-state index contributed by atoms with van der Waals surface area (Å²) in [5.74, 6) is 1.50. The van der Waals surface area contributed by atoms with Crippen molar-refractivity contribution in [1.82, 2.24) is 29.4 Å². The van der Waals surface area contributed by atoms with Gasteiger partial charge in [-0.15, -0.1) is 0 Å². The van der Waals surface area contributed by atoms with Gasteiger partial charge in [-0.25, -0.2) is 4.79 Å². The average molecular weight is 699 g/mol. The molecule has 11 nitrogen and oxygen atoms in total. The van der Waals surface area contributed by atoms with Crippen molar-refractivity contribution in [3.8, 4) is 22.3 Å². The maximum Gasteiger partial charge on any atom is 0.327 e. The summed E-state index contributed by atoms with van der Waals surface area (Å²) in [5, 5.41) is 8.07. The van der Waals surface area contributed by atoms with Gasteiger partial charge in [0.2, 0.25) is 0 Å². The largest absolute Gasteiger partial charge is 0.397 e. The summed E-state index contributed by atoms with van der Waals surface area (Å²) in [5.41, 5.74) is 24.4. The number of nitrogens with zero attached hydrogens (tertiary/aromatic N) is 4. The highest BCUT2D eigenvalue weighted by molar-refractivity contribution is 7.71. The van der Waals surface area contributed by atoms with Crippen LogP contribution in [-0.4, -0.2) is 29.4 Å². The molecule has 4 aromatic heterocycles. The first kappa shape index (κ1) is 33.4. The Balaban J connectivity index is 0.000000159. The van der Waals surface area contributed by atoms with Crippen LogP contribution < -0.4 is 17.2 Å². The van der Waals surface area contributed by atoms with E-state index in [0.717, 1.165) is 67.3 Å². The Labute approximate surface area is 298 Å². The Morgan fingerprint density at radius 1 is 0.745 bits per heavy atom. The average Bonchev–Trinajstić information content (AvgIpc) is 3.84. The lowest BCUT2D eigenvalue weighted by molar-refractivity contribution is 0.393. The molecular weight excluding hydrogens is 661 g/mol. The fraction of sp³-hybridized carbons (Fsp3) is 0.179. The maximum atomic E-state index is 12.7. The summed E-state index contributed by atoms with van der Waals surface area (Å²) >= 11 is 5.53. The molecule has 258 valence electrons. The van der Waals surface area contributed by atoms with E-state index in [0.29, 0.717) is 28.2 Å². The number of hydrogen-bond acceptors (Lipinski definition) is 8. The third kappa shape index (κ3) is 6.14. The Morgan fingerprint density at radius 3 is 1.78 bits per heavy atom. The molecule has 0 amide bonds. The number of benzene rings is 4. The second-order valence-corrected chi connectivity index (χ2v) is 13.1. The maximum absolute atomic E-state index is 12.7. The summed E-state index contributed by atoms with van der Waals surface area (Å²) in [6.07, 6.45) is 0. The van der Waals surface area contributed by atoms with Gasteiger partial charge in [0.25, 0.3) is 0 Å². The smallest absolute Gasteiger partial charge is 0.327 e. The van der Waals surface area contributed by atoms with Gasteiger partial charge in [-0.3, -0.25) is 4.57 Å². The third-order valence-electron chi connectivity index (χ3n) is 9.27. The molecule has 6 N–H and O–H groups in total. The fourth-order valence-corrected chi connectivity index (χ4v) is 7.07. The topological polar surface area (TPSA) is 163 Å². The normalized spacial score (nSPS) is 11.9. The van der Waals surface area contributed by atoms with Crippen LogP contribution in [0, 0.1) is 32.5 Å². The number of aryl methyl sites for hydroxylation is 4. The van der Waals surface area contributed by atoms with E-state index < -0.39 is 0 Å². The van der Waals surface area contributed by atoms with E-state index in [1.807, 2.05) is 101 Å². The molecular formula is C39H38N8O3S. The van der Waals surface area contributed by atoms with Crippen LogP contribution >= 0.6 is 12.2 Å². The highest BCUT2D eigenvalue weighted by atomic mass is 32.1. The Bertz CT molecular complexity index is 2600. The zero-order chi connectivity index (χ0) is 36.0. The number of hydrogen-bond donors (Lipinski definition) is 4. The Hall–Kier alpha value is -6.14. The van der Waals surface area contributed by atoms with Crippen LogP contribution in [0.15, 0.2) is 98.8 Å². The zero-order valence-corrected chi connectivity index (χ0v) is 29.8. The highest BCUT2D eigenvalue weighted by Crippen LogP contribution is 2.35. The minimum Gasteiger partial charge on any atom is -0.397 e. The molecule has 4 heterocycles. The Morgan fingerprint density at radius 2 is 1.25 bits per heavy atom. The standard InChI is InChI=1S/C20H20N4O2.C19H18N4OS/c1-11-18(13(3)26-23-11)15-9-16(21)19-17(10-15)24(20(25)22-19)12(2)14-7-5-4-6-8-14;1-11-17(12(2)24-22-11)14-8-15(20)18-16(9-14)23(19(25)21-18)10-13-6-4-3-5-7-13/h4-10,12H,21H2,1-3H3,(H,22,25);3-9H,10,20H2,1-2H3,(H,21,25)/t12-;/m0./s1. The first-order chi connectivity index (χ1) is 24.5. The molecule has 0 aliphatic heterocycles. The molecule has 0 bridgehead atoms. The summed E-state index contributed by atoms with van der Waals surface area (Å²) < 4.78 is 15.1. The van der Waals surface area contributed by atoms with Gasteiger partial charge < -0.3 is 35.0 Å². The lowest BCUT2D eigenvalue weighted by Crippen LogP contribution is -2.21. The van der Waals surface area contributed by atoms with Crippen molar-refractivity contribution in [3.05, 3.63) is 134 Å². The number of fused-ring (bicyclic) bond motifs is 2. The van der Waals surface area contributed by atoms with E-state index in [1.54, 1.807) is 4.57 Å². The van der Waals surface area contributed by atoms with Gasteiger partial charge >= 0.3 is 5.69 Å². The van der Waals surface area contributed by atoms with Gasteiger partial charge in [-0.05, 0) is 93.4 Å². The molecule has 8 rings (SSSR count). The molecule has 0 fully saturated rings. The molecule has 0 aliphatic rings. The van der Waals surface area contributed by atoms with E-state index in [4.69, 9.17) is 32.7 Å². The summed E-state index contributed by atoms with van der Waals surface area (Å²) in [6.45, 7) is 10.3. The quantitative estimate of drug-likeness (QED) is 0.0994. The van der Waals surface area contributed by atoms with Crippen molar-refractivity contribution in [2.75, 3.05) is 11.5 Å². The molecule has 4 aromatic carbocycles. The predicted molar refractivity (Wildman–Crippen MR) is 204 cm³/mol.